The van der Waals surface area contributed by atoms with Crippen LogP contribution in [0.25, 0.3) is 0 Å². The number of rotatable bonds is 3. The number of carbonyl (C=O) groups excluding carboxylic acids is 1. The summed E-state index contributed by atoms with van der Waals surface area (Å²) in [5.41, 5.74) is 2.12. The topological polar surface area (TPSA) is 57.6 Å². The first-order valence-electron chi connectivity index (χ1n) is 5.73. The Morgan fingerprint density at radius 1 is 1.44 bits per heavy atom. The second-order valence-corrected chi connectivity index (χ2v) is 5.46. The summed E-state index contributed by atoms with van der Waals surface area (Å²) in [6.07, 6.45) is 0. The minimum atomic E-state index is -0.969. The molecular formula is C13H15NO3S. The molecule has 5 heteroatoms. The van der Waals surface area contributed by atoms with E-state index in [0.717, 1.165) is 11.1 Å². The van der Waals surface area contributed by atoms with Gasteiger partial charge in [0.2, 0.25) is 5.91 Å². The second kappa shape index (κ2) is 5.02. The number of carbonyl (C=O) groups is 2. The Labute approximate surface area is 110 Å². The molecule has 1 N–H and O–H groups in total. The maximum atomic E-state index is 11.8. The molecule has 1 fully saturated rings. The molecule has 2 atom stereocenters. The van der Waals surface area contributed by atoms with Crippen LogP contribution in [0, 0.1) is 6.92 Å². The van der Waals surface area contributed by atoms with Crippen LogP contribution in [0.2, 0.25) is 0 Å². The van der Waals surface area contributed by atoms with Crippen LogP contribution in [0.3, 0.4) is 0 Å². The number of aryl methyl sites for hydroxylation is 1. The third-order valence-electron chi connectivity index (χ3n) is 3.04. The molecule has 2 unspecified atom stereocenters. The SMILES string of the molecule is Cc1ccc(C2SCC(=O)N2C(C)C(=O)O)cc1. The lowest BCUT2D eigenvalue weighted by molar-refractivity contribution is -0.148. The van der Waals surface area contributed by atoms with E-state index in [1.807, 2.05) is 31.2 Å². The van der Waals surface area contributed by atoms with Crippen molar-refractivity contribution in [1.29, 1.82) is 0 Å². The normalized spacial score (nSPS) is 21.1. The van der Waals surface area contributed by atoms with Gasteiger partial charge in [0, 0.05) is 0 Å². The lowest BCUT2D eigenvalue weighted by Crippen LogP contribution is -2.41. The monoisotopic (exact) mass is 265 g/mol. The minimum Gasteiger partial charge on any atom is -0.480 e. The van der Waals surface area contributed by atoms with Crippen LogP contribution >= 0.6 is 11.8 Å². The first-order chi connectivity index (χ1) is 8.50. The van der Waals surface area contributed by atoms with Gasteiger partial charge in [-0.15, -0.1) is 11.8 Å². The fourth-order valence-corrected chi connectivity index (χ4v) is 3.22. The molecule has 1 aliphatic heterocycles. The lowest BCUT2D eigenvalue weighted by Gasteiger charge is -2.27. The largest absolute Gasteiger partial charge is 0.480 e. The number of carboxylic acid groups (broad SMARTS) is 1. The molecule has 0 aromatic heterocycles. The number of hydrogen-bond donors (Lipinski definition) is 1. The molecule has 0 radical (unpaired) electrons. The van der Waals surface area contributed by atoms with E-state index in [1.54, 1.807) is 6.92 Å². The maximum Gasteiger partial charge on any atom is 0.326 e. The summed E-state index contributed by atoms with van der Waals surface area (Å²) in [4.78, 5) is 24.3. The molecular weight excluding hydrogens is 250 g/mol. The van der Waals surface area contributed by atoms with E-state index in [1.165, 1.54) is 16.7 Å². The number of thioether (sulfide) groups is 1. The Morgan fingerprint density at radius 3 is 2.61 bits per heavy atom. The van der Waals surface area contributed by atoms with Gasteiger partial charge in [0.15, 0.2) is 0 Å². The average Bonchev–Trinajstić information content (AvgIpc) is 2.71. The molecule has 1 heterocycles. The minimum absolute atomic E-state index is 0.111. The Kier molecular flexibility index (Phi) is 3.61. The molecule has 0 aliphatic carbocycles. The van der Waals surface area contributed by atoms with Crippen LogP contribution in [-0.4, -0.2) is 33.7 Å². The third kappa shape index (κ3) is 2.36. The number of aliphatic carboxylic acids is 1. The Hall–Kier alpha value is -1.49. The predicted octanol–water partition coefficient (Wildman–Crippen LogP) is 2.04. The van der Waals surface area contributed by atoms with E-state index in [0.29, 0.717) is 5.75 Å². The van der Waals surface area contributed by atoms with Crippen molar-refractivity contribution in [3.8, 4) is 0 Å². The highest BCUT2D eigenvalue weighted by atomic mass is 32.2. The van der Waals surface area contributed by atoms with Gasteiger partial charge in [-0.05, 0) is 19.4 Å². The van der Waals surface area contributed by atoms with Crippen molar-refractivity contribution < 1.29 is 14.7 Å². The van der Waals surface area contributed by atoms with Gasteiger partial charge >= 0.3 is 5.97 Å². The van der Waals surface area contributed by atoms with E-state index >= 15 is 0 Å². The fraction of sp³-hybridized carbons (Fsp3) is 0.385. The van der Waals surface area contributed by atoms with Gasteiger partial charge in [-0.2, -0.15) is 0 Å². The highest BCUT2D eigenvalue weighted by Gasteiger charge is 2.38. The molecule has 18 heavy (non-hydrogen) atoms. The van der Waals surface area contributed by atoms with Gasteiger partial charge in [-0.25, -0.2) is 4.79 Å². The molecule has 1 aromatic rings. The van der Waals surface area contributed by atoms with E-state index < -0.39 is 12.0 Å². The zero-order valence-corrected chi connectivity index (χ0v) is 11.1. The second-order valence-electron chi connectivity index (χ2n) is 4.39. The number of carboxylic acids is 1. The van der Waals surface area contributed by atoms with E-state index in [4.69, 9.17) is 5.11 Å². The fourth-order valence-electron chi connectivity index (χ4n) is 1.96. The van der Waals surface area contributed by atoms with E-state index in [-0.39, 0.29) is 11.3 Å². The van der Waals surface area contributed by atoms with Crippen molar-refractivity contribution in [1.82, 2.24) is 4.90 Å². The summed E-state index contributed by atoms with van der Waals surface area (Å²) in [5.74, 6) is -0.737. The highest BCUT2D eigenvalue weighted by molar-refractivity contribution is 8.00. The summed E-state index contributed by atoms with van der Waals surface area (Å²) in [6.45, 7) is 3.54. The predicted molar refractivity (Wildman–Crippen MR) is 70.3 cm³/mol. The molecule has 1 amide bonds. The summed E-state index contributed by atoms with van der Waals surface area (Å²) in [5, 5.41) is 8.88. The van der Waals surface area contributed by atoms with Crippen LogP contribution in [0.1, 0.15) is 23.4 Å². The quantitative estimate of drug-likeness (QED) is 0.908. The molecule has 4 nitrogen and oxygen atoms in total. The van der Waals surface area contributed by atoms with Gasteiger partial charge in [-0.3, -0.25) is 4.79 Å². The number of nitrogens with zero attached hydrogens (tertiary/aromatic N) is 1. The number of amides is 1. The molecule has 2 rings (SSSR count). The van der Waals surface area contributed by atoms with Crippen molar-refractivity contribution in [3.05, 3.63) is 35.4 Å². The van der Waals surface area contributed by atoms with Gasteiger partial charge < -0.3 is 10.0 Å². The summed E-state index contributed by atoms with van der Waals surface area (Å²) < 4.78 is 0. The van der Waals surface area contributed by atoms with Crippen LogP contribution < -0.4 is 0 Å². The zero-order chi connectivity index (χ0) is 13.3. The van der Waals surface area contributed by atoms with Gasteiger partial charge in [0.05, 0.1) is 5.75 Å². The number of benzene rings is 1. The van der Waals surface area contributed by atoms with E-state index in [2.05, 4.69) is 0 Å². The lowest BCUT2D eigenvalue weighted by atomic mass is 10.1. The summed E-state index contributed by atoms with van der Waals surface area (Å²) >= 11 is 1.48. The Balaban J connectivity index is 2.29. The smallest absolute Gasteiger partial charge is 0.326 e. The van der Waals surface area contributed by atoms with Gasteiger partial charge in [0.1, 0.15) is 11.4 Å². The first kappa shape index (κ1) is 13.0. The molecule has 0 saturated carbocycles. The summed E-state index contributed by atoms with van der Waals surface area (Å²) in [6, 6.07) is 7.06. The van der Waals surface area contributed by atoms with Crippen LogP contribution in [0.15, 0.2) is 24.3 Å². The molecule has 1 aromatic carbocycles. The van der Waals surface area contributed by atoms with Gasteiger partial charge in [-0.1, -0.05) is 29.8 Å². The molecule has 96 valence electrons. The third-order valence-corrected chi connectivity index (χ3v) is 4.27. The van der Waals surface area contributed by atoms with Crippen molar-refractivity contribution in [2.45, 2.75) is 25.3 Å². The van der Waals surface area contributed by atoms with Crippen LogP contribution in [0.4, 0.5) is 0 Å². The standard InChI is InChI=1S/C13H15NO3S/c1-8-3-5-10(6-4-8)12-14(9(2)13(16)17)11(15)7-18-12/h3-6,9,12H,7H2,1-2H3,(H,16,17). The molecule has 1 aliphatic rings. The molecule has 1 saturated heterocycles. The summed E-state index contributed by atoms with van der Waals surface area (Å²) in [7, 11) is 0. The van der Waals surface area contributed by atoms with E-state index in [9.17, 15) is 9.59 Å². The average molecular weight is 265 g/mol. The highest BCUT2D eigenvalue weighted by Crippen LogP contribution is 2.39. The first-order valence-corrected chi connectivity index (χ1v) is 6.77. The Bertz CT molecular complexity index is 472. The van der Waals surface area contributed by atoms with Crippen molar-refractivity contribution in [2.75, 3.05) is 5.75 Å². The zero-order valence-electron chi connectivity index (χ0n) is 10.3. The van der Waals surface area contributed by atoms with Crippen molar-refractivity contribution >= 4 is 23.6 Å². The number of hydrogen-bond acceptors (Lipinski definition) is 3. The maximum absolute atomic E-state index is 11.8. The van der Waals surface area contributed by atoms with Gasteiger partial charge in [0.25, 0.3) is 0 Å². The van der Waals surface area contributed by atoms with Crippen LogP contribution in [-0.2, 0) is 9.59 Å². The molecule has 0 spiro atoms. The molecule has 0 bridgehead atoms. The van der Waals surface area contributed by atoms with Crippen molar-refractivity contribution in [3.63, 3.8) is 0 Å². The van der Waals surface area contributed by atoms with Crippen molar-refractivity contribution in [2.24, 2.45) is 0 Å². The van der Waals surface area contributed by atoms with Crippen LogP contribution in [0.5, 0.6) is 0 Å². The Morgan fingerprint density at radius 2 is 2.06 bits per heavy atom.